The molecule has 0 aliphatic carbocycles. The summed E-state index contributed by atoms with van der Waals surface area (Å²) in [7, 11) is 0. The molecule has 0 amide bonds. The van der Waals surface area contributed by atoms with Crippen LogP contribution in [0.1, 0.15) is 96.0 Å². The van der Waals surface area contributed by atoms with Gasteiger partial charge in [0.25, 0.3) is 0 Å². The predicted octanol–water partition coefficient (Wildman–Crippen LogP) is 7.61. The average molecular weight is 321 g/mol. The predicted molar refractivity (Wildman–Crippen MR) is 103 cm³/mol. The summed E-state index contributed by atoms with van der Waals surface area (Å²) in [6.45, 7) is 2.29. The average Bonchev–Trinajstić information content (AvgIpc) is 2.53. The molecular weight excluding hydrogens is 284 g/mol. The zero-order valence-corrected chi connectivity index (χ0v) is 15.6. The Labute approximate surface area is 144 Å². The lowest BCUT2D eigenvalue weighted by Crippen LogP contribution is -1.88. The fraction of sp³-hybridized carbons (Fsp3) is 0.714. The Hall–Kier alpha value is -0.430. The molecular formula is C21H36S. The lowest BCUT2D eigenvalue weighted by molar-refractivity contribution is 0.539. The van der Waals surface area contributed by atoms with E-state index in [1.807, 2.05) is 0 Å². The molecule has 1 rings (SSSR count). The van der Waals surface area contributed by atoms with Crippen LogP contribution in [-0.2, 0) is 6.42 Å². The Kier molecular flexibility index (Phi) is 12.6. The molecule has 1 aromatic rings. The van der Waals surface area contributed by atoms with Gasteiger partial charge in [-0.15, -0.1) is 12.6 Å². The van der Waals surface area contributed by atoms with Crippen molar-refractivity contribution >= 4 is 12.6 Å². The van der Waals surface area contributed by atoms with Crippen LogP contribution in [0.4, 0.5) is 0 Å². The third-order valence-electron chi connectivity index (χ3n) is 4.54. The van der Waals surface area contributed by atoms with Crippen LogP contribution in [0, 0.1) is 0 Å². The molecule has 0 saturated carbocycles. The highest BCUT2D eigenvalue weighted by molar-refractivity contribution is 7.80. The summed E-state index contributed by atoms with van der Waals surface area (Å²) in [6.07, 6.45) is 19.7. The van der Waals surface area contributed by atoms with Gasteiger partial charge in [-0.3, -0.25) is 0 Å². The second-order valence-corrected chi connectivity index (χ2v) is 7.10. The van der Waals surface area contributed by atoms with Crippen LogP contribution in [0.3, 0.4) is 0 Å². The molecule has 0 bridgehead atoms. The van der Waals surface area contributed by atoms with Crippen molar-refractivity contribution in [2.75, 3.05) is 0 Å². The van der Waals surface area contributed by atoms with Gasteiger partial charge in [-0.2, -0.15) is 0 Å². The largest absolute Gasteiger partial charge is 0.143 e. The van der Waals surface area contributed by atoms with Gasteiger partial charge in [0.1, 0.15) is 0 Å². The van der Waals surface area contributed by atoms with Crippen molar-refractivity contribution in [3.8, 4) is 0 Å². The summed E-state index contributed by atoms with van der Waals surface area (Å²) < 4.78 is 0. The Morgan fingerprint density at radius 3 is 1.59 bits per heavy atom. The van der Waals surface area contributed by atoms with E-state index in [1.165, 1.54) is 95.5 Å². The van der Waals surface area contributed by atoms with Gasteiger partial charge in [0, 0.05) is 4.90 Å². The summed E-state index contributed by atoms with van der Waals surface area (Å²) in [5, 5.41) is 0. The number of hydrogen-bond donors (Lipinski definition) is 1. The van der Waals surface area contributed by atoms with Gasteiger partial charge in [0.15, 0.2) is 0 Å². The smallest absolute Gasteiger partial charge is 0.00720 e. The molecule has 126 valence electrons. The first-order valence-electron chi connectivity index (χ1n) is 9.61. The molecule has 0 nitrogen and oxygen atoms in total. The molecule has 0 spiro atoms. The lowest BCUT2D eigenvalue weighted by Gasteiger charge is -2.05. The fourth-order valence-electron chi connectivity index (χ4n) is 3.06. The van der Waals surface area contributed by atoms with E-state index in [9.17, 15) is 0 Å². The highest BCUT2D eigenvalue weighted by atomic mass is 32.1. The van der Waals surface area contributed by atoms with E-state index in [-0.39, 0.29) is 0 Å². The van der Waals surface area contributed by atoms with E-state index in [1.54, 1.807) is 0 Å². The zero-order valence-electron chi connectivity index (χ0n) is 14.7. The SMILES string of the molecule is CCCCCCCCCCCCCCCc1ccccc1S. The van der Waals surface area contributed by atoms with Gasteiger partial charge in [0.2, 0.25) is 0 Å². The van der Waals surface area contributed by atoms with Crippen molar-refractivity contribution in [3.05, 3.63) is 29.8 Å². The molecule has 0 aromatic heterocycles. The number of unbranched alkanes of at least 4 members (excludes halogenated alkanes) is 12. The summed E-state index contributed by atoms with van der Waals surface area (Å²) in [5.41, 5.74) is 1.41. The third kappa shape index (κ3) is 10.3. The van der Waals surface area contributed by atoms with Crippen LogP contribution in [0.15, 0.2) is 29.2 Å². The van der Waals surface area contributed by atoms with Crippen molar-refractivity contribution in [3.63, 3.8) is 0 Å². The Balaban J connectivity index is 1.81. The van der Waals surface area contributed by atoms with Gasteiger partial charge in [-0.05, 0) is 24.5 Å². The fourth-order valence-corrected chi connectivity index (χ4v) is 3.33. The molecule has 0 unspecified atom stereocenters. The maximum atomic E-state index is 4.52. The summed E-state index contributed by atoms with van der Waals surface area (Å²) in [5.74, 6) is 0. The van der Waals surface area contributed by atoms with Crippen molar-refractivity contribution in [1.29, 1.82) is 0 Å². The molecule has 0 aliphatic rings. The van der Waals surface area contributed by atoms with Crippen LogP contribution in [0.5, 0.6) is 0 Å². The van der Waals surface area contributed by atoms with E-state index in [0.717, 1.165) is 4.90 Å². The summed E-state index contributed by atoms with van der Waals surface area (Å²) >= 11 is 4.52. The highest BCUT2D eigenvalue weighted by Crippen LogP contribution is 2.17. The van der Waals surface area contributed by atoms with Crippen LogP contribution in [0.2, 0.25) is 0 Å². The topological polar surface area (TPSA) is 0 Å². The second kappa shape index (κ2) is 14.2. The molecule has 22 heavy (non-hydrogen) atoms. The Bertz CT molecular complexity index is 359. The Morgan fingerprint density at radius 2 is 1.09 bits per heavy atom. The zero-order chi connectivity index (χ0) is 15.9. The molecule has 0 saturated heterocycles. The number of rotatable bonds is 14. The van der Waals surface area contributed by atoms with Crippen molar-refractivity contribution in [2.45, 2.75) is 102 Å². The first kappa shape index (κ1) is 19.6. The van der Waals surface area contributed by atoms with Crippen molar-refractivity contribution in [2.24, 2.45) is 0 Å². The number of benzene rings is 1. The van der Waals surface area contributed by atoms with Crippen LogP contribution < -0.4 is 0 Å². The monoisotopic (exact) mass is 320 g/mol. The highest BCUT2D eigenvalue weighted by Gasteiger charge is 1.98. The molecule has 1 aromatic carbocycles. The number of hydrogen-bond acceptors (Lipinski definition) is 1. The minimum absolute atomic E-state index is 1.15. The lowest BCUT2D eigenvalue weighted by atomic mass is 10.0. The van der Waals surface area contributed by atoms with Crippen LogP contribution >= 0.6 is 12.6 Å². The number of thiol groups is 1. The van der Waals surface area contributed by atoms with Crippen LogP contribution in [-0.4, -0.2) is 0 Å². The molecule has 0 atom stereocenters. The van der Waals surface area contributed by atoms with Crippen molar-refractivity contribution < 1.29 is 0 Å². The van der Waals surface area contributed by atoms with Gasteiger partial charge in [-0.1, -0.05) is 102 Å². The van der Waals surface area contributed by atoms with E-state index in [4.69, 9.17) is 0 Å². The Morgan fingerprint density at radius 1 is 0.636 bits per heavy atom. The second-order valence-electron chi connectivity index (χ2n) is 6.62. The van der Waals surface area contributed by atoms with E-state index >= 15 is 0 Å². The molecule has 1 heteroatoms. The normalized spacial score (nSPS) is 11.0. The van der Waals surface area contributed by atoms with Gasteiger partial charge >= 0.3 is 0 Å². The molecule has 0 radical (unpaired) electrons. The molecule has 0 N–H and O–H groups in total. The van der Waals surface area contributed by atoms with Gasteiger partial charge < -0.3 is 0 Å². The van der Waals surface area contributed by atoms with E-state index < -0.39 is 0 Å². The van der Waals surface area contributed by atoms with Crippen molar-refractivity contribution in [1.82, 2.24) is 0 Å². The van der Waals surface area contributed by atoms with E-state index in [2.05, 4.69) is 43.8 Å². The quantitative estimate of drug-likeness (QED) is 0.264. The first-order chi connectivity index (χ1) is 10.8. The first-order valence-corrected chi connectivity index (χ1v) is 10.1. The maximum Gasteiger partial charge on any atom is 0.00720 e. The molecule has 0 heterocycles. The maximum absolute atomic E-state index is 4.52. The molecule has 0 aliphatic heterocycles. The summed E-state index contributed by atoms with van der Waals surface area (Å²) in [4.78, 5) is 1.15. The minimum Gasteiger partial charge on any atom is -0.143 e. The third-order valence-corrected chi connectivity index (χ3v) is 4.98. The molecule has 0 fully saturated rings. The summed E-state index contributed by atoms with van der Waals surface area (Å²) in [6, 6.07) is 8.50. The van der Waals surface area contributed by atoms with Gasteiger partial charge in [-0.25, -0.2) is 0 Å². The standard InChI is InChI=1S/C21H36S/c1-2-3-4-5-6-7-8-9-10-11-12-13-14-17-20-18-15-16-19-21(20)22/h15-16,18-19,22H,2-14,17H2,1H3. The number of aryl methyl sites for hydroxylation is 1. The van der Waals surface area contributed by atoms with Gasteiger partial charge in [0.05, 0.1) is 0 Å². The van der Waals surface area contributed by atoms with E-state index in [0.29, 0.717) is 0 Å². The van der Waals surface area contributed by atoms with Crippen LogP contribution in [0.25, 0.3) is 0 Å². The minimum atomic E-state index is 1.15.